The van der Waals surface area contributed by atoms with E-state index in [1.807, 2.05) is 36.5 Å². The molecule has 0 aliphatic rings. The number of benzene rings is 8. The molecule has 0 radical (unpaired) electrons. The summed E-state index contributed by atoms with van der Waals surface area (Å²) in [4.78, 5) is 10.5. The monoisotopic (exact) mass is 792 g/mol. The van der Waals surface area contributed by atoms with Crippen LogP contribution in [-0.2, 0) is 0 Å². The van der Waals surface area contributed by atoms with E-state index in [0.29, 0.717) is 5.82 Å². The van der Waals surface area contributed by atoms with Crippen molar-refractivity contribution in [1.29, 1.82) is 0 Å². The molecule has 0 N–H and O–H groups in total. The third kappa shape index (κ3) is 5.98. The number of nitrogens with zero attached hydrogens (tertiary/aromatic N) is 4. The average molecular weight is 793 g/mol. The van der Waals surface area contributed by atoms with Gasteiger partial charge in [-0.25, -0.2) is 14.5 Å². The van der Waals surface area contributed by atoms with E-state index in [1.165, 1.54) is 0 Å². The van der Waals surface area contributed by atoms with Gasteiger partial charge in [0.2, 0.25) is 0 Å². The Bertz CT molecular complexity index is 3630. The normalized spacial score (nSPS) is 11.5. The van der Waals surface area contributed by atoms with Gasteiger partial charge < -0.3 is 4.42 Å². The van der Waals surface area contributed by atoms with Gasteiger partial charge in [-0.2, -0.15) is 5.10 Å². The van der Waals surface area contributed by atoms with Gasteiger partial charge in [-0.15, -0.1) is 0 Å². The van der Waals surface area contributed by atoms with Gasteiger partial charge in [-0.1, -0.05) is 188 Å². The molecule has 0 fully saturated rings. The number of hydrogen-bond donors (Lipinski definition) is 0. The lowest BCUT2D eigenvalue weighted by Crippen LogP contribution is -2.00. The van der Waals surface area contributed by atoms with E-state index >= 15 is 0 Å². The van der Waals surface area contributed by atoms with E-state index in [0.717, 1.165) is 111 Å². The zero-order valence-electron chi connectivity index (χ0n) is 33.5. The molecule has 0 unspecified atom stereocenters. The van der Waals surface area contributed by atoms with Gasteiger partial charge in [0.05, 0.1) is 28.8 Å². The lowest BCUT2D eigenvalue weighted by atomic mass is 9.91. The molecule has 8 aromatic carbocycles. The molecule has 5 nitrogen and oxygen atoms in total. The van der Waals surface area contributed by atoms with Crippen LogP contribution in [0.5, 0.6) is 0 Å². The van der Waals surface area contributed by atoms with Gasteiger partial charge in [0.1, 0.15) is 11.2 Å². The van der Waals surface area contributed by atoms with Crippen molar-refractivity contribution < 1.29 is 4.42 Å². The summed E-state index contributed by atoms with van der Waals surface area (Å²) in [5.41, 5.74) is 16.0. The summed E-state index contributed by atoms with van der Waals surface area (Å²) in [5.74, 6) is 0.662. The maximum Gasteiger partial charge on any atom is 0.160 e. The van der Waals surface area contributed by atoms with Gasteiger partial charge in [-0.3, -0.25) is 0 Å². The van der Waals surface area contributed by atoms with Crippen LogP contribution in [-0.4, -0.2) is 19.6 Å². The largest absolute Gasteiger partial charge is 0.455 e. The first-order valence-electron chi connectivity index (χ1n) is 20.8. The van der Waals surface area contributed by atoms with Gasteiger partial charge in [0, 0.05) is 55.1 Å². The average Bonchev–Trinajstić information content (AvgIpc) is 3.97. The fourth-order valence-electron chi connectivity index (χ4n) is 9.02. The minimum absolute atomic E-state index is 0.662. The van der Waals surface area contributed by atoms with Crippen LogP contribution in [0.3, 0.4) is 0 Å². The topological polar surface area (TPSA) is 56.2 Å². The van der Waals surface area contributed by atoms with E-state index in [1.54, 1.807) is 0 Å². The molecule has 0 aliphatic carbocycles. The highest BCUT2D eigenvalue weighted by Gasteiger charge is 2.22. The maximum absolute atomic E-state index is 6.46. The van der Waals surface area contributed by atoms with E-state index in [4.69, 9.17) is 19.5 Å². The predicted octanol–water partition coefficient (Wildman–Crippen LogP) is 14.8. The summed E-state index contributed by atoms with van der Waals surface area (Å²) < 4.78 is 8.60. The molecule has 0 atom stereocenters. The van der Waals surface area contributed by atoms with Crippen molar-refractivity contribution in [2.45, 2.75) is 0 Å². The lowest BCUT2D eigenvalue weighted by Gasteiger charge is -2.18. The van der Waals surface area contributed by atoms with Crippen molar-refractivity contribution in [3.8, 4) is 78.5 Å². The van der Waals surface area contributed by atoms with Crippen LogP contribution >= 0.6 is 0 Å². The predicted molar refractivity (Wildman–Crippen MR) is 254 cm³/mol. The molecule has 0 spiro atoms. The Morgan fingerprint density at radius 1 is 0.371 bits per heavy atom. The van der Waals surface area contributed by atoms with Crippen molar-refractivity contribution in [2.75, 3.05) is 0 Å². The van der Waals surface area contributed by atoms with Crippen LogP contribution in [0.4, 0.5) is 0 Å². The van der Waals surface area contributed by atoms with Crippen molar-refractivity contribution in [1.82, 2.24) is 19.6 Å². The smallest absolute Gasteiger partial charge is 0.160 e. The quantitative estimate of drug-likeness (QED) is 0.161. The third-order valence-corrected chi connectivity index (χ3v) is 11.9. The van der Waals surface area contributed by atoms with Crippen LogP contribution in [0.1, 0.15) is 0 Å². The minimum atomic E-state index is 0.662. The van der Waals surface area contributed by atoms with Gasteiger partial charge >= 0.3 is 0 Å². The fourth-order valence-corrected chi connectivity index (χ4v) is 9.02. The summed E-state index contributed by atoms with van der Waals surface area (Å²) >= 11 is 0. The summed E-state index contributed by atoms with van der Waals surface area (Å²) in [5, 5.41) is 9.63. The summed E-state index contributed by atoms with van der Waals surface area (Å²) in [7, 11) is 0. The molecule has 5 heteroatoms. The van der Waals surface area contributed by atoms with Crippen molar-refractivity contribution in [2.24, 2.45) is 0 Å². The standard InChI is InChI=1S/C57H36N4O/c1-4-17-37(18-5-1)49-36-58-61-54(38-19-6-2-7-20-38)53(46-28-10-11-29-47(46)55(49)61)43-26-15-25-42(34-43)51-35-50(59-57(60-51)39-21-8-3-9-22-39)41-24-14-23-40(33-41)44-30-16-31-48-45-27-12-13-32-52(45)62-56(44)48/h1-36H. The molecule has 0 bridgehead atoms. The van der Waals surface area contributed by atoms with Gasteiger partial charge in [0.15, 0.2) is 5.82 Å². The fraction of sp³-hybridized carbons (Fsp3) is 0. The molecule has 12 aromatic rings. The molecule has 0 amide bonds. The molecule has 4 heterocycles. The molecular weight excluding hydrogens is 757 g/mol. The molecule has 290 valence electrons. The van der Waals surface area contributed by atoms with Crippen LogP contribution in [0, 0.1) is 0 Å². The van der Waals surface area contributed by atoms with Crippen molar-refractivity contribution >= 4 is 38.2 Å². The van der Waals surface area contributed by atoms with Gasteiger partial charge in [0.25, 0.3) is 0 Å². The second kappa shape index (κ2) is 14.7. The van der Waals surface area contributed by atoms with Crippen LogP contribution in [0.2, 0.25) is 0 Å². The first-order chi connectivity index (χ1) is 30.7. The molecule has 0 aliphatic heterocycles. The van der Waals surface area contributed by atoms with Crippen LogP contribution in [0.25, 0.3) is 117 Å². The maximum atomic E-state index is 6.46. The Morgan fingerprint density at radius 3 is 1.63 bits per heavy atom. The van der Waals surface area contributed by atoms with E-state index < -0.39 is 0 Å². The number of para-hydroxylation sites is 2. The minimum Gasteiger partial charge on any atom is -0.455 e. The van der Waals surface area contributed by atoms with Crippen LogP contribution < -0.4 is 0 Å². The Balaban J connectivity index is 1.05. The first kappa shape index (κ1) is 35.5. The Kier molecular flexibility index (Phi) is 8.42. The third-order valence-electron chi connectivity index (χ3n) is 11.9. The molecule has 4 aromatic heterocycles. The summed E-state index contributed by atoms with van der Waals surface area (Å²) in [6.45, 7) is 0. The Morgan fingerprint density at radius 2 is 0.903 bits per heavy atom. The Hall–Kier alpha value is -8.41. The van der Waals surface area contributed by atoms with E-state index in [9.17, 15) is 0 Å². The molecule has 62 heavy (non-hydrogen) atoms. The zero-order valence-corrected chi connectivity index (χ0v) is 33.5. The second-order valence-corrected chi connectivity index (χ2v) is 15.6. The van der Waals surface area contributed by atoms with Crippen molar-refractivity contribution in [3.05, 3.63) is 219 Å². The highest BCUT2D eigenvalue weighted by Crippen LogP contribution is 2.44. The van der Waals surface area contributed by atoms with Crippen LogP contribution in [0.15, 0.2) is 223 Å². The van der Waals surface area contributed by atoms with E-state index in [2.05, 4.69) is 187 Å². The highest BCUT2D eigenvalue weighted by atomic mass is 16.3. The number of rotatable bonds is 7. The van der Waals surface area contributed by atoms with Gasteiger partial charge in [-0.05, 0) is 46.3 Å². The molecule has 0 saturated carbocycles. The van der Waals surface area contributed by atoms with Crippen molar-refractivity contribution in [3.63, 3.8) is 0 Å². The number of furan rings is 1. The number of aromatic nitrogens is 4. The molecule has 12 rings (SSSR count). The number of hydrogen-bond acceptors (Lipinski definition) is 4. The number of fused-ring (bicyclic) bond motifs is 6. The Labute approximate surface area is 357 Å². The zero-order chi connectivity index (χ0) is 41.0. The SMILES string of the molecule is c1ccc(-c2nc(-c3cccc(-c4c(-c5ccccc5)n5ncc(-c6ccccc6)c5c5ccccc45)c3)cc(-c3cccc(-c4cccc5c4oc4ccccc45)c3)n2)cc1. The van der Waals surface area contributed by atoms with E-state index in [-0.39, 0.29) is 0 Å². The second-order valence-electron chi connectivity index (χ2n) is 15.6. The molecular formula is C57H36N4O. The summed E-state index contributed by atoms with van der Waals surface area (Å²) in [6.07, 6.45) is 2.00. The molecule has 0 saturated heterocycles. The summed E-state index contributed by atoms with van der Waals surface area (Å²) in [6, 6.07) is 74.1. The number of pyridine rings is 1. The first-order valence-corrected chi connectivity index (χ1v) is 20.8. The lowest BCUT2D eigenvalue weighted by molar-refractivity contribution is 0.670. The highest BCUT2D eigenvalue weighted by molar-refractivity contribution is 6.13.